The molecule has 4 aromatic rings. The van der Waals surface area contributed by atoms with E-state index in [4.69, 9.17) is 10.5 Å². The van der Waals surface area contributed by atoms with Crippen molar-refractivity contribution >= 4 is 22.7 Å². The van der Waals surface area contributed by atoms with E-state index in [0.29, 0.717) is 24.4 Å². The molecule has 2 heterocycles. The number of rotatable bonds is 8. The fraction of sp³-hybridized carbons (Fsp3) is 0.167. The Balaban J connectivity index is 1.35. The van der Waals surface area contributed by atoms with Crippen LogP contribution >= 0.6 is 11.3 Å². The SMILES string of the molecule is CN(CCOc1ccc(Cc2sc(=O)[nH]c2O)cc1)c1cccnc1-c1ccc(N)cc1. The van der Waals surface area contributed by atoms with Crippen LogP contribution in [0.1, 0.15) is 10.4 Å². The summed E-state index contributed by atoms with van der Waals surface area (Å²) < 4.78 is 5.91. The molecule has 4 rings (SSSR count). The van der Waals surface area contributed by atoms with Gasteiger partial charge in [0.05, 0.1) is 22.8 Å². The van der Waals surface area contributed by atoms with Gasteiger partial charge in [0.25, 0.3) is 0 Å². The fourth-order valence-corrected chi connectivity index (χ4v) is 4.11. The quantitative estimate of drug-likeness (QED) is 0.353. The Morgan fingerprint density at radius 3 is 2.56 bits per heavy atom. The van der Waals surface area contributed by atoms with E-state index >= 15 is 0 Å². The minimum atomic E-state index is -0.255. The van der Waals surface area contributed by atoms with Crippen molar-refractivity contribution in [2.45, 2.75) is 6.42 Å². The number of nitrogens with two attached hydrogens (primary N) is 1. The number of aromatic amines is 1. The first-order chi connectivity index (χ1) is 15.5. The number of aromatic hydroxyl groups is 1. The van der Waals surface area contributed by atoms with Crippen LogP contribution in [0.25, 0.3) is 11.3 Å². The zero-order valence-corrected chi connectivity index (χ0v) is 18.4. The minimum Gasteiger partial charge on any atom is -0.494 e. The van der Waals surface area contributed by atoms with Gasteiger partial charge in [0.2, 0.25) is 5.88 Å². The van der Waals surface area contributed by atoms with Gasteiger partial charge < -0.3 is 20.5 Å². The van der Waals surface area contributed by atoms with Crippen LogP contribution in [-0.2, 0) is 6.42 Å². The van der Waals surface area contributed by atoms with E-state index in [-0.39, 0.29) is 10.8 Å². The normalized spacial score (nSPS) is 10.8. The number of pyridine rings is 1. The Kier molecular flexibility index (Phi) is 6.42. The molecule has 7 nitrogen and oxygen atoms in total. The van der Waals surface area contributed by atoms with Crippen molar-refractivity contribution in [3.05, 3.63) is 87.0 Å². The summed E-state index contributed by atoms with van der Waals surface area (Å²) in [4.78, 5) is 20.7. The summed E-state index contributed by atoms with van der Waals surface area (Å²) in [7, 11) is 2.01. The van der Waals surface area contributed by atoms with E-state index in [1.54, 1.807) is 6.20 Å². The van der Waals surface area contributed by atoms with Crippen LogP contribution in [0.4, 0.5) is 11.4 Å². The number of thiazole rings is 1. The number of hydrogen-bond acceptors (Lipinski definition) is 7. The first kappa shape index (κ1) is 21.5. The van der Waals surface area contributed by atoms with Crippen LogP contribution in [0.2, 0.25) is 0 Å². The van der Waals surface area contributed by atoms with Gasteiger partial charge in [-0.25, -0.2) is 0 Å². The standard InChI is InChI=1S/C24H24N4O3S/c1-28(20-3-2-12-26-22(20)17-6-8-18(25)9-7-17)13-14-31-19-10-4-16(5-11-19)15-21-23(29)27-24(30)32-21/h2-12,29H,13-15,25H2,1H3,(H,27,30). The van der Waals surface area contributed by atoms with Crippen molar-refractivity contribution in [2.24, 2.45) is 0 Å². The molecule has 2 aromatic heterocycles. The number of aromatic nitrogens is 2. The van der Waals surface area contributed by atoms with Gasteiger partial charge in [0.15, 0.2) is 0 Å². The smallest absolute Gasteiger partial charge is 0.307 e. The number of nitrogens with one attached hydrogen (secondary N) is 1. The molecule has 0 saturated heterocycles. The third-order valence-corrected chi connectivity index (χ3v) is 5.94. The number of nitrogen functional groups attached to an aromatic ring is 1. The largest absolute Gasteiger partial charge is 0.494 e. The zero-order valence-electron chi connectivity index (χ0n) is 17.6. The number of nitrogens with zero attached hydrogens (tertiary/aromatic N) is 2. The molecule has 32 heavy (non-hydrogen) atoms. The molecule has 0 amide bonds. The number of benzene rings is 2. The van der Waals surface area contributed by atoms with Gasteiger partial charge >= 0.3 is 4.87 Å². The molecule has 0 atom stereocenters. The average molecular weight is 449 g/mol. The maximum Gasteiger partial charge on any atom is 0.307 e. The summed E-state index contributed by atoms with van der Waals surface area (Å²) in [5, 5.41) is 9.73. The number of ether oxygens (including phenoxy) is 1. The molecule has 0 bridgehead atoms. The van der Waals surface area contributed by atoms with E-state index in [0.717, 1.165) is 45.3 Å². The maximum absolute atomic E-state index is 11.3. The summed E-state index contributed by atoms with van der Waals surface area (Å²) in [6.07, 6.45) is 2.28. The Morgan fingerprint density at radius 1 is 1.12 bits per heavy atom. The molecule has 2 aromatic carbocycles. The van der Waals surface area contributed by atoms with E-state index in [2.05, 4.69) is 14.9 Å². The monoisotopic (exact) mass is 448 g/mol. The van der Waals surface area contributed by atoms with Gasteiger partial charge in [-0.05, 0) is 42.0 Å². The predicted molar refractivity (Wildman–Crippen MR) is 129 cm³/mol. The molecule has 0 aliphatic heterocycles. The predicted octanol–water partition coefficient (Wildman–Crippen LogP) is 3.89. The van der Waals surface area contributed by atoms with Gasteiger partial charge in [-0.2, -0.15) is 0 Å². The molecule has 0 unspecified atom stereocenters. The zero-order chi connectivity index (χ0) is 22.5. The molecule has 4 N–H and O–H groups in total. The summed E-state index contributed by atoms with van der Waals surface area (Å²) in [5.41, 5.74) is 10.4. The van der Waals surface area contributed by atoms with E-state index in [1.165, 1.54) is 0 Å². The van der Waals surface area contributed by atoms with Crippen LogP contribution in [0.15, 0.2) is 71.7 Å². The third kappa shape index (κ3) is 5.09. The van der Waals surface area contributed by atoms with Gasteiger partial charge in [-0.15, -0.1) is 0 Å². The van der Waals surface area contributed by atoms with Crippen LogP contribution in [-0.4, -0.2) is 35.3 Å². The molecular formula is C24H24N4O3S. The van der Waals surface area contributed by atoms with Crippen molar-refractivity contribution in [1.82, 2.24) is 9.97 Å². The molecule has 8 heteroatoms. The summed E-state index contributed by atoms with van der Waals surface area (Å²) >= 11 is 1.02. The van der Waals surface area contributed by atoms with E-state index in [9.17, 15) is 9.90 Å². The second-order valence-electron chi connectivity index (χ2n) is 7.37. The highest BCUT2D eigenvalue weighted by atomic mass is 32.1. The molecular weight excluding hydrogens is 424 g/mol. The number of anilines is 2. The Bertz CT molecular complexity index is 1230. The number of likely N-dealkylation sites (N-methyl/N-ethyl adjacent to an activating group) is 1. The van der Waals surface area contributed by atoms with Crippen molar-refractivity contribution in [3.63, 3.8) is 0 Å². The second kappa shape index (κ2) is 9.57. The molecule has 0 spiro atoms. The van der Waals surface area contributed by atoms with Crippen molar-refractivity contribution < 1.29 is 9.84 Å². The molecule has 0 saturated carbocycles. The molecule has 0 radical (unpaired) electrons. The fourth-order valence-electron chi connectivity index (χ4n) is 3.35. The molecule has 0 fully saturated rings. The van der Waals surface area contributed by atoms with Gasteiger partial charge in [-0.3, -0.25) is 14.8 Å². The van der Waals surface area contributed by atoms with E-state index in [1.807, 2.05) is 67.7 Å². The average Bonchev–Trinajstić information content (AvgIpc) is 3.12. The lowest BCUT2D eigenvalue weighted by molar-refractivity contribution is 0.326. The highest BCUT2D eigenvalue weighted by Gasteiger charge is 2.11. The lowest BCUT2D eigenvalue weighted by Crippen LogP contribution is -2.24. The molecule has 164 valence electrons. The van der Waals surface area contributed by atoms with Crippen LogP contribution in [0, 0.1) is 0 Å². The molecule has 0 aliphatic rings. The Morgan fingerprint density at radius 2 is 1.88 bits per heavy atom. The van der Waals surface area contributed by atoms with Crippen LogP contribution < -0.4 is 20.2 Å². The van der Waals surface area contributed by atoms with Crippen LogP contribution in [0.3, 0.4) is 0 Å². The number of hydrogen-bond donors (Lipinski definition) is 3. The maximum atomic E-state index is 11.3. The minimum absolute atomic E-state index is 0.0582. The first-order valence-corrected chi connectivity index (χ1v) is 11.0. The first-order valence-electron chi connectivity index (χ1n) is 10.1. The second-order valence-corrected chi connectivity index (χ2v) is 8.44. The van der Waals surface area contributed by atoms with Gasteiger partial charge in [0.1, 0.15) is 12.4 Å². The summed E-state index contributed by atoms with van der Waals surface area (Å²) in [5.74, 6) is 0.704. The van der Waals surface area contributed by atoms with E-state index < -0.39 is 0 Å². The summed E-state index contributed by atoms with van der Waals surface area (Å²) in [6.45, 7) is 1.19. The third-order valence-electron chi connectivity index (χ3n) is 5.07. The lowest BCUT2D eigenvalue weighted by Gasteiger charge is -2.22. The highest BCUT2D eigenvalue weighted by Crippen LogP contribution is 2.28. The molecule has 0 aliphatic carbocycles. The van der Waals surface area contributed by atoms with Crippen molar-refractivity contribution in [3.8, 4) is 22.9 Å². The Labute approximate surface area is 189 Å². The number of H-pyrrole nitrogens is 1. The van der Waals surface area contributed by atoms with Crippen LogP contribution in [0.5, 0.6) is 11.6 Å². The Hall–Kier alpha value is -3.78. The lowest BCUT2D eigenvalue weighted by atomic mass is 10.1. The van der Waals surface area contributed by atoms with Crippen molar-refractivity contribution in [2.75, 3.05) is 30.8 Å². The summed E-state index contributed by atoms with van der Waals surface area (Å²) in [6, 6.07) is 19.3. The topological polar surface area (TPSA) is 104 Å². The highest BCUT2D eigenvalue weighted by molar-refractivity contribution is 7.09. The van der Waals surface area contributed by atoms with Gasteiger partial charge in [-0.1, -0.05) is 35.6 Å². The van der Waals surface area contributed by atoms with Crippen molar-refractivity contribution in [1.29, 1.82) is 0 Å². The van der Waals surface area contributed by atoms with Gasteiger partial charge in [0, 0.05) is 30.9 Å².